The summed E-state index contributed by atoms with van der Waals surface area (Å²) >= 11 is 0. The van der Waals surface area contributed by atoms with Crippen LogP contribution >= 0.6 is 0 Å². The molecular weight excluding hydrogens is 364 g/mol. The molecule has 0 aromatic heterocycles. The van der Waals surface area contributed by atoms with E-state index < -0.39 is 0 Å². The molecule has 3 saturated carbocycles. The van der Waals surface area contributed by atoms with Gasteiger partial charge in [0.05, 0.1) is 19.3 Å². The predicted molar refractivity (Wildman–Crippen MR) is 114 cm³/mol. The molecule has 0 aromatic carbocycles. The zero-order chi connectivity index (χ0) is 20.2. The second kappa shape index (κ2) is 10.4. The van der Waals surface area contributed by atoms with E-state index in [9.17, 15) is 5.26 Å². The van der Waals surface area contributed by atoms with Crippen molar-refractivity contribution in [1.82, 2.24) is 0 Å². The van der Waals surface area contributed by atoms with Gasteiger partial charge in [-0.25, -0.2) is 4.89 Å². The summed E-state index contributed by atoms with van der Waals surface area (Å²) in [6.45, 7) is 6.25. The van der Waals surface area contributed by atoms with Crippen molar-refractivity contribution < 1.29 is 19.6 Å². The SMILES string of the molecule is CC1CCC(C2CCC(C(OO)C3CCC(C4OCC(C)CO4)CC3)CC2)CC1. The smallest absolute Gasteiger partial charge is 0.160 e. The summed E-state index contributed by atoms with van der Waals surface area (Å²) < 4.78 is 11.9. The van der Waals surface area contributed by atoms with Crippen molar-refractivity contribution in [2.24, 2.45) is 41.4 Å². The van der Waals surface area contributed by atoms with E-state index in [1.165, 1.54) is 51.4 Å². The molecule has 29 heavy (non-hydrogen) atoms. The van der Waals surface area contributed by atoms with Crippen LogP contribution in [0.15, 0.2) is 0 Å². The van der Waals surface area contributed by atoms with Gasteiger partial charge in [-0.2, -0.15) is 0 Å². The van der Waals surface area contributed by atoms with E-state index in [4.69, 9.17) is 14.4 Å². The van der Waals surface area contributed by atoms with E-state index in [-0.39, 0.29) is 12.4 Å². The van der Waals surface area contributed by atoms with Gasteiger partial charge in [-0.15, -0.1) is 0 Å². The molecule has 0 spiro atoms. The maximum absolute atomic E-state index is 9.77. The molecular formula is C25H44O4. The van der Waals surface area contributed by atoms with E-state index in [1.54, 1.807) is 0 Å². The molecule has 0 amide bonds. The largest absolute Gasteiger partial charge is 0.352 e. The first-order valence-electron chi connectivity index (χ1n) is 12.7. The van der Waals surface area contributed by atoms with E-state index in [0.717, 1.165) is 56.7 Å². The highest BCUT2D eigenvalue weighted by Gasteiger charge is 2.39. The minimum atomic E-state index is -0.00528. The van der Waals surface area contributed by atoms with Crippen molar-refractivity contribution in [3.8, 4) is 0 Å². The molecule has 4 fully saturated rings. The lowest BCUT2D eigenvalue weighted by Crippen LogP contribution is -2.41. The summed E-state index contributed by atoms with van der Waals surface area (Å²) in [4.78, 5) is 5.16. The van der Waals surface area contributed by atoms with Crippen LogP contribution in [-0.2, 0) is 14.4 Å². The molecule has 3 aliphatic carbocycles. The fourth-order valence-electron chi connectivity index (χ4n) is 6.89. The highest BCUT2D eigenvalue weighted by atomic mass is 17.1. The zero-order valence-corrected chi connectivity index (χ0v) is 18.8. The molecule has 1 atom stereocenters. The van der Waals surface area contributed by atoms with Crippen LogP contribution in [0.3, 0.4) is 0 Å². The van der Waals surface area contributed by atoms with Crippen molar-refractivity contribution in [2.45, 2.75) is 103 Å². The second-order valence-electron chi connectivity index (χ2n) is 11.1. The summed E-state index contributed by atoms with van der Waals surface area (Å²) in [5, 5.41) is 9.77. The molecule has 1 heterocycles. The summed E-state index contributed by atoms with van der Waals surface area (Å²) in [6.07, 6.45) is 15.5. The lowest BCUT2D eigenvalue weighted by atomic mass is 9.66. The molecule has 4 aliphatic rings. The van der Waals surface area contributed by atoms with Crippen LogP contribution in [0, 0.1) is 41.4 Å². The Morgan fingerprint density at radius 1 is 0.621 bits per heavy atom. The number of hydrogen-bond acceptors (Lipinski definition) is 4. The first-order valence-corrected chi connectivity index (χ1v) is 12.7. The molecule has 0 radical (unpaired) electrons. The van der Waals surface area contributed by atoms with Crippen LogP contribution in [0.25, 0.3) is 0 Å². The Balaban J connectivity index is 1.22. The molecule has 4 heteroatoms. The Labute approximate surface area is 178 Å². The Hall–Kier alpha value is -0.160. The number of hydrogen-bond donors (Lipinski definition) is 1. The fourth-order valence-corrected chi connectivity index (χ4v) is 6.89. The third kappa shape index (κ3) is 5.56. The lowest BCUT2D eigenvalue weighted by molar-refractivity contribution is -0.308. The van der Waals surface area contributed by atoms with Crippen LogP contribution in [0.2, 0.25) is 0 Å². The highest BCUT2D eigenvalue weighted by molar-refractivity contribution is 4.88. The van der Waals surface area contributed by atoms with Gasteiger partial charge in [0.2, 0.25) is 0 Å². The van der Waals surface area contributed by atoms with Gasteiger partial charge < -0.3 is 9.47 Å². The van der Waals surface area contributed by atoms with Gasteiger partial charge in [-0.1, -0.05) is 26.7 Å². The summed E-state index contributed by atoms with van der Waals surface area (Å²) in [7, 11) is 0. The van der Waals surface area contributed by atoms with Crippen LogP contribution in [0.1, 0.15) is 90.9 Å². The van der Waals surface area contributed by atoms with Gasteiger partial charge in [0.1, 0.15) is 0 Å². The Kier molecular flexibility index (Phi) is 7.93. The van der Waals surface area contributed by atoms with E-state index >= 15 is 0 Å². The summed E-state index contributed by atoms with van der Waals surface area (Å²) in [6, 6.07) is 0. The average Bonchev–Trinajstić information content (AvgIpc) is 2.76. The van der Waals surface area contributed by atoms with Crippen molar-refractivity contribution in [3.63, 3.8) is 0 Å². The lowest BCUT2D eigenvalue weighted by Gasteiger charge is -2.42. The van der Waals surface area contributed by atoms with Crippen LogP contribution in [0.4, 0.5) is 0 Å². The average molecular weight is 409 g/mol. The van der Waals surface area contributed by atoms with Crippen molar-refractivity contribution >= 4 is 0 Å². The molecule has 168 valence electrons. The minimum absolute atomic E-state index is 0.00528. The van der Waals surface area contributed by atoms with Crippen molar-refractivity contribution in [3.05, 3.63) is 0 Å². The maximum atomic E-state index is 9.77. The monoisotopic (exact) mass is 408 g/mol. The Morgan fingerprint density at radius 2 is 1.07 bits per heavy atom. The fraction of sp³-hybridized carbons (Fsp3) is 1.00. The van der Waals surface area contributed by atoms with Crippen LogP contribution < -0.4 is 0 Å². The molecule has 0 bridgehead atoms. The molecule has 0 aromatic rings. The molecule has 1 aliphatic heterocycles. The van der Waals surface area contributed by atoms with Crippen LogP contribution in [-0.4, -0.2) is 30.9 Å². The molecule has 1 saturated heterocycles. The van der Waals surface area contributed by atoms with Gasteiger partial charge >= 0.3 is 0 Å². The van der Waals surface area contributed by atoms with Gasteiger partial charge in [-0.05, 0) is 93.8 Å². The van der Waals surface area contributed by atoms with Gasteiger partial charge in [0.25, 0.3) is 0 Å². The number of rotatable bonds is 5. The van der Waals surface area contributed by atoms with Gasteiger partial charge in [0, 0.05) is 11.8 Å². The minimum Gasteiger partial charge on any atom is -0.352 e. The van der Waals surface area contributed by atoms with Crippen molar-refractivity contribution in [1.29, 1.82) is 0 Å². The number of ether oxygens (including phenoxy) is 2. The third-order valence-corrected chi connectivity index (χ3v) is 8.89. The molecule has 1 unspecified atom stereocenters. The zero-order valence-electron chi connectivity index (χ0n) is 18.8. The highest BCUT2D eigenvalue weighted by Crippen LogP contribution is 2.45. The molecule has 1 N–H and O–H groups in total. The second-order valence-corrected chi connectivity index (χ2v) is 11.1. The van der Waals surface area contributed by atoms with Gasteiger partial charge in [0.15, 0.2) is 6.29 Å². The summed E-state index contributed by atoms with van der Waals surface area (Å²) in [5.41, 5.74) is 0. The van der Waals surface area contributed by atoms with Crippen LogP contribution in [0.5, 0.6) is 0 Å². The molecule has 4 nitrogen and oxygen atoms in total. The van der Waals surface area contributed by atoms with E-state index in [1.807, 2.05) is 0 Å². The first kappa shape index (κ1) is 22.0. The van der Waals surface area contributed by atoms with E-state index in [2.05, 4.69) is 13.8 Å². The topological polar surface area (TPSA) is 47.9 Å². The first-order chi connectivity index (χ1) is 14.1. The standard InChI is InChI=1S/C25H44O4/c1-17-3-5-19(6-4-17)20-7-9-21(10-8-20)24(29-26)22-11-13-23(14-12-22)25-27-15-18(2)16-28-25/h17-26H,3-16H2,1-2H3. The third-order valence-electron chi connectivity index (χ3n) is 8.89. The normalized spacial score (nSPS) is 45.6. The molecule has 4 rings (SSSR count). The Bertz CT molecular complexity index is 423. The quantitative estimate of drug-likeness (QED) is 0.429. The Morgan fingerprint density at radius 3 is 1.55 bits per heavy atom. The van der Waals surface area contributed by atoms with Crippen molar-refractivity contribution in [2.75, 3.05) is 13.2 Å². The predicted octanol–water partition coefficient (Wildman–Crippen LogP) is 6.29. The maximum Gasteiger partial charge on any atom is 0.160 e. The van der Waals surface area contributed by atoms with Gasteiger partial charge in [-0.3, -0.25) is 5.26 Å². The summed E-state index contributed by atoms with van der Waals surface area (Å²) in [5.74, 6) is 4.91. The van der Waals surface area contributed by atoms with E-state index in [0.29, 0.717) is 23.7 Å².